The number of anilines is 1. The van der Waals surface area contributed by atoms with Gasteiger partial charge in [0.2, 0.25) is 0 Å². The van der Waals surface area contributed by atoms with Crippen LogP contribution in [0.15, 0.2) is 61.1 Å². The summed E-state index contributed by atoms with van der Waals surface area (Å²) in [5.41, 5.74) is 12.8. The summed E-state index contributed by atoms with van der Waals surface area (Å²) < 4.78 is 59.9. The zero-order valence-corrected chi connectivity index (χ0v) is 19.8. The predicted octanol–water partition coefficient (Wildman–Crippen LogP) is 5.44. The van der Waals surface area contributed by atoms with Crippen molar-refractivity contribution in [2.45, 2.75) is 19.1 Å². The van der Waals surface area contributed by atoms with E-state index in [2.05, 4.69) is 14.8 Å². The summed E-state index contributed by atoms with van der Waals surface area (Å²) in [4.78, 5) is 15.7. The van der Waals surface area contributed by atoms with Crippen LogP contribution in [0.1, 0.15) is 28.5 Å². The second kappa shape index (κ2) is 11.0. The first-order valence-electron chi connectivity index (χ1n) is 10.9. The van der Waals surface area contributed by atoms with Gasteiger partial charge in [0.15, 0.2) is 5.82 Å². The van der Waals surface area contributed by atoms with Crippen LogP contribution in [-0.2, 0) is 4.74 Å². The highest BCUT2D eigenvalue weighted by Crippen LogP contribution is 2.34. The van der Waals surface area contributed by atoms with Gasteiger partial charge in [-0.05, 0) is 42.3 Å². The molecule has 7 nitrogen and oxygen atoms in total. The van der Waals surface area contributed by atoms with Crippen molar-refractivity contribution in [1.82, 2.24) is 14.8 Å². The largest absolute Gasteiger partial charge is 0.398 e. The summed E-state index contributed by atoms with van der Waals surface area (Å²) in [6, 6.07) is 9.25. The third kappa shape index (κ3) is 5.73. The minimum Gasteiger partial charge on any atom is -0.398 e. The number of nitrogens with two attached hydrogens (primary N) is 2. The number of primary amides is 1. The topological polar surface area (TPSA) is 109 Å². The van der Waals surface area contributed by atoms with Crippen LogP contribution in [0.5, 0.6) is 0 Å². The Labute approximate surface area is 213 Å². The van der Waals surface area contributed by atoms with Gasteiger partial charge in [-0.1, -0.05) is 23.7 Å². The zero-order chi connectivity index (χ0) is 26.7. The number of benzene rings is 2. The van der Waals surface area contributed by atoms with E-state index in [1.165, 1.54) is 41.3 Å². The minimum absolute atomic E-state index is 0.0699. The van der Waals surface area contributed by atoms with Crippen molar-refractivity contribution in [2.24, 2.45) is 5.73 Å². The van der Waals surface area contributed by atoms with Crippen LogP contribution in [0.3, 0.4) is 0 Å². The number of halogens is 5. The second-order valence-corrected chi connectivity index (χ2v) is 8.41. The van der Waals surface area contributed by atoms with Crippen LogP contribution >= 0.6 is 11.6 Å². The zero-order valence-electron chi connectivity index (χ0n) is 19.0. The highest BCUT2D eigenvalue weighted by atomic mass is 35.5. The molecule has 192 valence electrons. The number of nitrogens with zero attached hydrogens (tertiary/aromatic N) is 3. The lowest BCUT2D eigenvalue weighted by atomic mass is 10.0. The molecule has 4 N–H and O–H groups in total. The highest BCUT2D eigenvalue weighted by molar-refractivity contribution is 6.31. The predicted molar refractivity (Wildman–Crippen MR) is 130 cm³/mol. The van der Waals surface area contributed by atoms with E-state index in [4.69, 9.17) is 23.1 Å². The van der Waals surface area contributed by atoms with Gasteiger partial charge in [0.05, 0.1) is 35.1 Å². The fourth-order valence-electron chi connectivity index (χ4n) is 3.85. The average Bonchev–Trinajstić information content (AvgIpc) is 3.34. The maximum atomic E-state index is 14.6. The lowest BCUT2D eigenvalue weighted by Gasteiger charge is -2.18. The van der Waals surface area contributed by atoms with E-state index >= 15 is 0 Å². The van der Waals surface area contributed by atoms with Crippen LogP contribution in [0.25, 0.3) is 22.3 Å². The molecule has 2 aromatic carbocycles. The first-order valence-corrected chi connectivity index (χ1v) is 11.3. The third-order valence-corrected chi connectivity index (χ3v) is 5.96. The molecule has 0 saturated carbocycles. The summed E-state index contributed by atoms with van der Waals surface area (Å²) in [6.45, 7) is -3.26. The smallest absolute Gasteiger partial charge is 0.345 e. The molecule has 0 spiro atoms. The Hall–Kier alpha value is -3.96. The normalized spacial score (nSPS) is 12.2. The van der Waals surface area contributed by atoms with Gasteiger partial charge in [0, 0.05) is 34.8 Å². The molecule has 1 unspecified atom stereocenters. The van der Waals surface area contributed by atoms with Gasteiger partial charge in [0.25, 0.3) is 5.91 Å². The number of hydrogen-bond acceptors (Lipinski definition) is 5. The lowest BCUT2D eigenvalue weighted by molar-refractivity contribution is -0.130. The van der Waals surface area contributed by atoms with Gasteiger partial charge >= 0.3 is 6.61 Å². The summed E-state index contributed by atoms with van der Waals surface area (Å²) in [5, 5.41) is 4.20. The molecule has 0 fully saturated rings. The number of alkyl halides is 2. The molecule has 0 aliphatic rings. The molecule has 0 bridgehead atoms. The van der Waals surface area contributed by atoms with Gasteiger partial charge in [-0.25, -0.2) is 8.78 Å². The number of aromatic nitrogens is 3. The summed E-state index contributed by atoms with van der Waals surface area (Å²) >= 11 is 5.88. The molecular formula is C25H20ClF4N5O2. The summed E-state index contributed by atoms with van der Waals surface area (Å²) in [6.07, 6.45) is 4.50. The van der Waals surface area contributed by atoms with Crippen LogP contribution < -0.4 is 11.5 Å². The van der Waals surface area contributed by atoms with E-state index in [1.807, 2.05) is 0 Å². The molecule has 2 aromatic heterocycles. The number of ether oxygens (including phenoxy) is 1. The Morgan fingerprint density at radius 3 is 2.46 bits per heavy atom. The molecule has 12 heteroatoms. The third-order valence-electron chi connectivity index (χ3n) is 5.67. The van der Waals surface area contributed by atoms with E-state index in [1.54, 1.807) is 18.3 Å². The fraction of sp³-hybridized carbons (Fsp3) is 0.160. The summed E-state index contributed by atoms with van der Waals surface area (Å²) in [5.74, 6) is -2.37. The van der Waals surface area contributed by atoms with Gasteiger partial charge in [-0.2, -0.15) is 13.9 Å². The van der Waals surface area contributed by atoms with Gasteiger partial charge < -0.3 is 16.2 Å². The number of pyridine rings is 1. The average molecular weight is 534 g/mol. The van der Waals surface area contributed by atoms with E-state index < -0.39 is 30.2 Å². The van der Waals surface area contributed by atoms with E-state index in [9.17, 15) is 22.4 Å². The lowest BCUT2D eigenvalue weighted by Crippen LogP contribution is -2.16. The number of carbonyl (C=O) groups is 1. The molecule has 1 atom stereocenters. The van der Waals surface area contributed by atoms with E-state index in [0.29, 0.717) is 22.4 Å². The molecule has 0 saturated heterocycles. The SMILES string of the molecule is NC(=O)c1ccc(-c2cnn(C(CCOC(F)F)c3ccc(-c4c(N)ccc(Cl)c4F)cn3)c2)cc1F. The number of nitrogen functional groups attached to an aromatic ring is 1. The maximum absolute atomic E-state index is 14.6. The molecule has 2 heterocycles. The number of rotatable bonds is 9. The van der Waals surface area contributed by atoms with Crippen molar-refractivity contribution >= 4 is 23.2 Å². The first kappa shape index (κ1) is 26.1. The fourth-order valence-corrected chi connectivity index (χ4v) is 4.00. The van der Waals surface area contributed by atoms with Crippen molar-refractivity contribution in [2.75, 3.05) is 12.3 Å². The quantitative estimate of drug-likeness (QED) is 0.220. The minimum atomic E-state index is -2.95. The van der Waals surface area contributed by atoms with Crippen molar-refractivity contribution in [3.63, 3.8) is 0 Å². The molecule has 0 aliphatic heterocycles. The molecular weight excluding hydrogens is 514 g/mol. The number of amides is 1. The van der Waals surface area contributed by atoms with Crippen LogP contribution in [0.2, 0.25) is 5.02 Å². The second-order valence-electron chi connectivity index (χ2n) is 8.00. The van der Waals surface area contributed by atoms with Gasteiger partial charge in [-0.15, -0.1) is 0 Å². The van der Waals surface area contributed by atoms with Gasteiger partial charge in [0.1, 0.15) is 5.82 Å². The molecule has 1 amide bonds. The van der Waals surface area contributed by atoms with E-state index in [0.717, 1.165) is 6.07 Å². The summed E-state index contributed by atoms with van der Waals surface area (Å²) in [7, 11) is 0. The first-order chi connectivity index (χ1) is 17.7. The Morgan fingerprint density at radius 2 is 1.81 bits per heavy atom. The van der Waals surface area contributed by atoms with Crippen LogP contribution in [0.4, 0.5) is 23.2 Å². The monoisotopic (exact) mass is 533 g/mol. The van der Waals surface area contributed by atoms with Crippen LogP contribution in [-0.4, -0.2) is 33.9 Å². The Bertz CT molecular complexity index is 1430. The van der Waals surface area contributed by atoms with Crippen molar-refractivity contribution in [3.8, 4) is 22.3 Å². The number of carbonyl (C=O) groups excluding carboxylic acids is 1. The van der Waals surface area contributed by atoms with Crippen LogP contribution in [0, 0.1) is 11.6 Å². The van der Waals surface area contributed by atoms with Crippen molar-refractivity contribution < 1.29 is 27.1 Å². The standard InChI is InChI=1S/C25H20ClF4N5O2/c26-17-4-5-19(31)22(23(17)28)14-2-6-20(33-10-14)21(7-8-37-25(29)30)35-12-15(11-34-35)13-1-3-16(24(32)36)18(27)9-13/h1-6,9-12,21,25H,7-8,31H2,(H2,32,36). The Morgan fingerprint density at radius 1 is 1.05 bits per heavy atom. The molecule has 0 radical (unpaired) electrons. The van der Waals surface area contributed by atoms with Crippen molar-refractivity contribution in [1.29, 1.82) is 0 Å². The Balaban J connectivity index is 1.66. The van der Waals surface area contributed by atoms with E-state index in [-0.39, 0.29) is 34.9 Å². The Kier molecular flexibility index (Phi) is 7.74. The van der Waals surface area contributed by atoms with Gasteiger partial charge in [-0.3, -0.25) is 14.5 Å². The van der Waals surface area contributed by atoms with Crippen molar-refractivity contribution in [3.05, 3.63) is 89.0 Å². The molecule has 0 aliphatic carbocycles. The molecule has 4 aromatic rings. The number of hydrogen-bond donors (Lipinski definition) is 2. The molecule has 4 rings (SSSR count). The highest BCUT2D eigenvalue weighted by Gasteiger charge is 2.20. The molecule has 37 heavy (non-hydrogen) atoms. The maximum Gasteiger partial charge on any atom is 0.345 e.